The van der Waals surface area contributed by atoms with Crippen molar-refractivity contribution in [3.63, 3.8) is 0 Å². The van der Waals surface area contributed by atoms with Crippen molar-refractivity contribution in [2.45, 2.75) is 32.8 Å². The highest BCUT2D eigenvalue weighted by atomic mass is 35.5. The summed E-state index contributed by atoms with van der Waals surface area (Å²) < 4.78 is 0. The fourth-order valence-corrected chi connectivity index (χ4v) is 2.90. The minimum atomic E-state index is -0.559. The Hall–Kier alpha value is -1.02. The molecule has 1 atom stereocenters. The molecule has 0 aromatic heterocycles. The first-order valence-corrected chi connectivity index (χ1v) is 7.92. The summed E-state index contributed by atoms with van der Waals surface area (Å²) in [5.41, 5.74) is 3.09. The van der Waals surface area contributed by atoms with Gasteiger partial charge in [-0.1, -0.05) is 67.4 Å². The molecule has 1 N–H and O–H groups in total. The van der Waals surface area contributed by atoms with Crippen LogP contribution >= 0.6 is 23.2 Å². The number of aliphatic hydroxyl groups is 1. The first kappa shape index (κ1) is 16.4. The van der Waals surface area contributed by atoms with Crippen molar-refractivity contribution in [2.75, 3.05) is 0 Å². The highest BCUT2D eigenvalue weighted by Gasteiger charge is 2.12. The molecule has 112 valence electrons. The Bertz CT molecular complexity index is 608. The van der Waals surface area contributed by atoms with E-state index in [1.54, 1.807) is 12.1 Å². The molecule has 0 radical (unpaired) electrons. The maximum atomic E-state index is 10.4. The van der Waals surface area contributed by atoms with Crippen molar-refractivity contribution in [3.8, 4) is 0 Å². The van der Waals surface area contributed by atoms with Gasteiger partial charge in [0.15, 0.2) is 0 Å². The lowest BCUT2D eigenvalue weighted by Gasteiger charge is -2.14. The number of aliphatic hydroxyl groups excluding tert-OH is 1. The van der Waals surface area contributed by atoms with Gasteiger partial charge in [0, 0.05) is 16.5 Å². The summed E-state index contributed by atoms with van der Waals surface area (Å²) in [7, 11) is 0. The lowest BCUT2D eigenvalue weighted by Crippen LogP contribution is -2.04. The van der Waals surface area contributed by atoms with Crippen molar-refractivity contribution < 1.29 is 5.11 Å². The number of hydrogen-bond donors (Lipinski definition) is 1. The molecule has 2 aromatic carbocycles. The van der Waals surface area contributed by atoms with E-state index in [0.29, 0.717) is 22.4 Å². The Morgan fingerprint density at radius 2 is 1.76 bits per heavy atom. The van der Waals surface area contributed by atoms with Crippen LogP contribution in [-0.4, -0.2) is 5.11 Å². The number of halogens is 2. The van der Waals surface area contributed by atoms with E-state index in [4.69, 9.17) is 23.2 Å². The molecule has 0 aliphatic rings. The van der Waals surface area contributed by atoms with Gasteiger partial charge in [-0.3, -0.25) is 0 Å². The Balaban J connectivity index is 2.14. The maximum absolute atomic E-state index is 10.4. The van der Waals surface area contributed by atoms with Crippen LogP contribution < -0.4 is 0 Å². The zero-order chi connectivity index (χ0) is 15.4. The van der Waals surface area contributed by atoms with Crippen LogP contribution in [0.15, 0.2) is 42.5 Å². The minimum Gasteiger partial charge on any atom is -0.388 e. The molecule has 0 aliphatic heterocycles. The fraction of sp³-hybridized carbons (Fsp3) is 0.333. The van der Waals surface area contributed by atoms with E-state index in [9.17, 15) is 5.11 Å². The predicted octanol–water partition coefficient (Wildman–Crippen LogP) is 5.47. The van der Waals surface area contributed by atoms with Crippen LogP contribution in [0.25, 0.3) is 0 Å². The van der Waals surface area contributed by atoms with Crippen molar-refractivity contribution in [1.82, 2.24) is 0 Å². The SMILES string of the molecule is CC(C)Cc1cccc(C(O)Cc2ccc(Cl)cc2Cl)c1. The summed E-state index contributed by atoms with van der Waals surface area (Å²) in [5.74, 6) is 0.600. The third kappa shape index (κ3) is 4.74. The number of hydrogen-bond acceptors (Lipinski definition) is 1. The van der Waals surface area contributed by atoms with E-state index in [-0.39, 0.29) is 0 Å². The fourth-order valence-electron chi connectivity index (χ4n) is 2.41. The molecule has 0 amide bonds. The van der Waals surface area contributed by atoms with Gasteiger partial charge in [-0.25, -0.2) is 0 Å². The van der Waals surface area contributed by atoms with Crippen molar-refractivity contribution in [1.29, 1.82) is 0 Å². The second-order valence-electron chi connectivity index (χ2n) is 5.80. The zero-order valence-electron chi connectivity index (χ0n) is 12.3. The Morgan fingerprint density at radius 3 is 2.43 bits per heavy atom. The summed E-state index contributed by atoms with van der Waals surface area (Å²) in [4.78, 5) is 0. The van der Waals surface area contributed by atoms with E-state index in [0.717, 1.165) is 17.5 Å². The van der Waals surface area contributed by atoms with Gasteiger partial charge in [0.25, 0.3) is 0 Å². The third-order valence-electron chi connectivity index (χ3n) is 3.41. The third-order valence-corrected chi connectivity index (χ3v) is 4.00. The molecule has 0 aliphatic carbocycles. The molecule has 0 fully saturated rings. The van der Waals surface area contributed by atoms with Gasteiger partial charge in [0.1, 0.15) is 0 Å². The first-order chi connectivity index (χ1) is 9.95. The minimum absolute atomic E-state index is 0.487. The molecule has 0 saturated heterocycles. The summed E-state index contributed by atoms with van der Waals surface area (Å²) in [5, 5.41) is 11.6. The van der Waals surface area contributed by atoms with Crippen LogP contribution in [0.4, 0.5) is 0 Å². The van der Waals surface area contributed by atoms with Crippen LogP contribution in [0, 0.1) is 5.92 Å². The number of rotatable bonds is 5. The molecule has 3 heteroatoms. The second-order valence-corrected chi connectivity index (χ2v) is 6.64. The van der Waals surface area contributed by atoms with Crippen molar-refractivity contribution in [3.05, 3.63) is 69.2 Å². The highest BCUT2D eigenvalue weighted by Crippen LogP contribution is 2.26. The van der Waals surface area contributed by atoms with Crippen LogP contribution in [0.2, 0.25) is 10.0 Å². The normalized spacial score (nSPS) is 12.7. The van der Waals surface area contributed by atoms with Gasteiger partial charge in [0.05, 0.1) is 6.10 Å². The molecule has 0 spiro atoms. The van der Waals surface area contributed by atoms with Crippen molar-refractivity contribution in [2.24, 2.45) is 5.92 Å². The molecule has 2 aromatic rings. The quantitative estimate of drug-likeness (QED) is 0.774. The summed E-state index contributed by atoms with van der Waals surface area (Å²) in [6, 6.07) is 13.5. The molecule has 1 unspecified atom stereocenters. The predicted molar refractivity (Wildman–Crippen MR) is 90.1 cm³/mol. The summed E-state index contributed by atoms with van der Waals surface area (Å²) in [6.45, 7) is 4.38. The van der Waals surface area contributed by atoms with Gasteiger partial charge in [0.2, 0.25) is 0 Å². The Morgan fingerprint density at radius 1 is 1.00 bits per heavy atom. The Labute approximate surface area is 136 Å². The van der Waals surface area contributed by atoms with E-state index < -0.39 is 6.10 Å². The molecule has 21 heavy (non-hydrogen) atoms. The van der Waals surface area contributed by atoms with E-state index in [1.165, 1.54) is 5.56 Å². The largest absolute Gasteiger partial charge is 0.388 e. The molecule has 2 rings (SSSR count). The average molecular weight is 323 g/mol. The number of benzene rings is 2. The molecular formula is C18H20Cl2O. The highest BCUT2D eigenvalue weighted by molar-refractivity contribution is 6.35. The maximum Gasteiger partial charge on any atom is 0.0831 e. The molecule has 0 bridgehead atoms. The lowest BCUT2D eigenvalue weighted by atomic mass is 9.96. The van der Waals surface area contributed by atoms with Crippen LogP contribution in [0.1, 0.15) is 36.6 Å². The summed E-state index contributed by atoms with van der Waals surface area (Å²) in [6.07, 6.45) is 0.944. The standard InChI is InChI=1S/C18H20Cl2O/c1-12(2)8-13-4-3-5-15(9-13)18(21)10-14-6-7-16(19)11-17(14)20/h3-7,9,11-12,18,21H,8,10H2,1-2H3. The molecule has 1 nitrogen and oxygen atoms in total. The zero-order valence-corrected chi connectivity index (χ0v) is 13.8. The van der Waals surface area contributed by atoms with Crippen LogP contribution in [0.5, 0.6) is 0 Å². The second kappa shape index (κ2) is 7.31. The van der Waals surface area contributed by atoms with E-state index >= 15 is 0 Å². The van der Waals surface area contributed by atoms with E-state index in [1.807, 2.05) is 18.2 Å². The van der Waals surface area contributed by atoms with Crippen LogP contribution in [-0.2, 0) is 12.8 Å². The van der Waals surface area contributed by atoms with Gasteiger partial charge in [-0.15, -0.1) is 0 Å². The molecular weight excluding hydrogens is 303 g/mol. The van der Waals surface area contributed by atoms with E-state index in [2.05, 4.69) is 26.0 Å². The lowest BCUT2D eigenvalue weighted by molar-refractivity contribution is 0.178. The van der Waals surface area contributed by atoms with Crippen LogP contribution in [0.3, 0.4) is 0 Å². The Kier molecular flexibility index (Phi) is 5.69. The smallest absolute Gasteiger partial charge is 0.0831 e. The monoisotopic (exact) mass is 322 g/mol. The van der Waals surface area contributed by atoms with Gasteiger partial charge < -0.3 is 5.11 Å². The first-order valence-electron chi connectivity index (χ1n) is 7.16. The van der Waals surface area contributed by atoms with Gasteiger partial charge in [-0.05, 0) is 41.2 Å². The van der Waals surface area contributed by atoms with Crippen molar-refractivity contribution >= 4 is 23.2 Å². The van der Waals surface area contributed by atoms with Gasteiger partial charge >= 0.3 is 0 Å². The summed E-state index contributed by atoms with van der Waals surface area (Å²) >= 11 is 12.1. The van der Waals surface area contributed by atoms with Gasteiger partial charge in [-0.2, -0.15) is 0 Å². The molecule has 0 saturated carbocycles. The topological polar surface area (TPSA) is 20.2 Å². The average Bonchev–Trinajstić information content (AvgIpc) is 2.41. The molecule has 0 heterocycles.